The summed E-state index contributed by atoms with van der Waals surface area (Å²) >= 11 is 0. The summed E-state index contributed by atoms with van der Waals surface area (Å²) in [7, 11) is 2.10. The maximum atomic E-state index is 11.8. The molecule has 1 saturated heterocycles. The first-order valence-electron chi connectivity index (χ1n) is 6.60. The lowest BCUT2D eigenvalue weighted by Crippen LogP contribution is -2.44. The summed E-state index contributed by atoms with van der Waals surface area (Å²) in [4.78, 5) is 14.0. The molecule has 0 saturated carbocycles. The summed E-state index contributed by atoms with van der Waals surface area (Å²) in [6.45, 7) is 2.10. The van der Waals surface area contributed by atoms with Gasteiger partial charge in [0.2, 0.25) is 0 Å². The molecule has 104 valence electrons. The standard InChI is InChI=1S/C14H21N3O2/c1-17-7-5-12(6-8-17)16-14(18)10-19-13-4-2-3-11(15)9-13/h2-4,9,12H,5-8,10,15H2,1H3,(H,16,18). The molecule has 1 aliphatic rings. The van der Waals surface area contributed by atoms with Crippen molar-refractivity contribution in [1.82, 2.24) is 10.2 Å². The zero-order valence-corrected chi connectivity index (χ0v) is 11.3. The van der Waals surface area contributed by atoms with Gasteiger partial charge in [0.15, 0.2) is 6.61 Å². The van der Waals surface area contributed by atoms with Gasteiger partial charge in [0.05, 0.1) is 0 Å². The van der Waals surface area contributed by atoms with Gasteiger partial charge in [0.1, 0.15) is 5.75 Å². The quantitative estimate of drug-likeness (QED) is 0.791. The molecule has 5 heteroatoms. The number of benzene rings is 1. The van der Waals surface area contributed by atoms with Crippen LogP contribution in [0.4, 0.5) is 5.69 Å². The van der Waals surface area contributed by atoms with Crippen molar-refractivity contribution >= 4 is 11.6 Å². The van der Waals surface area contributed by atoms with Crippen molar-refractivity contribution < 1.29 is 9.53 Å². The lowest BCUT2D eigenvalue weighted by Gasteiger charge is -2.29. The Morgan fingerprint density at radius 2 is 2.21 bits per heavy atom. The molecule has 0 spiro atoms. The minimum atomic E-state index is -0.0722. The molecule has 0 radical (unpaired) electrons. The Morgan fingerprint density at radius 1 is 1.47 bits per heavy atom. The van der Waals surface area contributed by atoms with Crippen molar-refractivity contribution in [3.05, 3.63) is 24.3 Å². The molecule has 0 bridgehead atoms. The second-order valence-corrected chi connectivity index (χ2v) is 5.01. The third-order valence-corrected chi connectivity index (χ3v) is 3.31. The van der Waals surface area contributed by atoms with Gasteiger partial charge in [0, 0.05) is 17.8 Å². The molecule has 0 atom stereocenters. The summed E-state index contributed by atoms with van der Waals surface area (Å²) in [5.41, 5.74) is 6.27. The van der Waals surface area contributed by atoms with Gasteiger partial charge < -0.3 is 20.7 Å². The third-order valence-electron chi connectivity index (χ3n) is 3.31. The van der Waals surface area contributed by atoms with Crippen LogP contribution in [0.3, 0.4) is 0 Å². The first kappa shape index (κ1) is 13.7. The molecule has 19 heavy (non-hydrogen) atoms. The first-order chi connectivity index (χ1) is 9.13. The Kier molecular flexibility index (Phi) is 4.63. The molecule has 3 N–H and O–H groups in total. The van der Waals surface area contributed by atoms with Crippen molar-refractivity contribution in [3.8, 4) is 5.75 Å². The van der Waals surface area contributed by atoms with E-state index in [1.54, 1.807) is 24.3 Å². The Hall–Kier alpha value is -1.75. The second-order valence-electron chi connectivity index (χ2n) is 5.01. The molecule has 0 unspecified atom stereocenters. The van der Waals surface area contributed by atoms with E-state index in [1.807, 2.05) is 0 Å². The van der Waals surface area contributed by atoms with E-state index in [9.17, 15) is 4.79 Å². The molecule has 0 aromatic heterocycles. The van der Waals surface area contributed by atoms with E-state index in [0.717, 1.165) is 25.9 Å². The number of nitrogen functional groups attached to an aromatic ring is 1. The normalized spacial score (nSPS) is 17.1. The molecule has 0 aliphatic carbocycles. The average Bonchev–Trinajstić information content (AvgIpc) is 2.39. The number of anilines is 1. The van der Waals surface area contributed by atoms with E-state index in [4.69, 9.17) is 10.5 Å². The van der Waals surface area contributed by atoms with E-state index in [1.165, 1.54) is 0 Å². The fourth-order valence-corrected chi connectivity index (χ4v) is 2.18. The maximum Gasteiger partial charge on any atom is 0.258 e. The number of carbonyl (C=O) groups is 1. The van der Waals surface area contributed by atoms with Gasteiger partial charge in [-0.15, -0.1) is 0 Å². The van der Waals surface area contributed by atoms with Crippen LogP contribution >= 0.6 is 0 Å². The molecule has 1 aromatic carbocycles. The Morgan fingerprint density at radius 3 is 2.89 bits per heavy atom. The molecule has 1 aromatic rings. The van der Waals surface area contributed by atoms with Crippen LogP contribution in [0.25, 0.3) is 0 Å². The van der Waals surface area contributed by atoms with E-state index in [0.29, 0.717) is 11.4 Å². The third kappa shape index (κ3) is 4.44. The molecular weight excluding hydrogens is 242 g/mol. The second kappa shape index (κ2) is 6.43. The van der Waals surface area contributed by atoms with E-state index < -0.39 is 0 Å². The van der Waals surface area contributed by atoms with Crippen molar-refractivity contribution in [3.63, 3.8) is 0 Å². The molecule has 5 nitrogen and oxygen atoms in total. The zero-order chi connectivity index (χ0) is 13.7. The highest BCUT2D eigenvalue weighted by atomic mass is 16.5. The number of nitrogens with two attached hydrogens (primary N) is 1. The number of rotatable bonds is 4. The number of hydrogen-bond acceptors (Lipinski definition) is 4. The van der Waals surface area contributed by atoms with Gasteiger partial charge >= 0.3 is 0 Å². The lowest BCUT2D eigenvalue weighted by atomic mass is 10.1. The van der Waals surface area contributed by atoms with Crippen molar-refractivity contribution in [2.45, 2.75) is 18.9 Å². The van der Waals surface area contributed by atoms with Crippen LogP contribution in [-0.4, -0.2) is 43.6 Å². The Labute approximate surface area is 113 Å². The van der Waals surface area contributed by atoms with Crippen molar-refractivity contribution in [1.29, 1.82) is 0 Å². The minimum absolute atomic E-state index is 0.0375. The predicted molar refractivity (Wildman–Crippen MR) is 75.0 cm³/mol. The topological polar surface area (TPSA) is 67.6 Å². The van der Waals surface area contributed by atoms with Gasteiger partial charge in [0.25, 0.3) is 5.91 Å². The number of likely N-dealkylation sites (tertiary alicyclic amines) is 1. The fraction of sp³-hybridized carbons (Fsp3) is 0.500. The van der Waals surface area contributed by atoms with Crippen LogP contribution < -0.4 is 15.8 Å². The summed E-state index contributed by atoms with van der Waals surface area (Å²) in [5.74, 6) is 0.551. The summed E-state index contributed by atoms with van der Waals surface area (Å²) in [6, 6.07) is 7.36. The van der Waals surface area contributed by atoms with Crippen LogP contribution in [-0.2, 0) is 4.79 Å². The monoisotopic (exact) mass is 263 g/mol. The van der Waals surface area contributed by atoms with Gasteiger partial charge in [-0.3, -0.25) is 4.79 Å². The lowest BCUT2D eigenvalue weighted by molar-refractivity contribution is -0.124. The van der Waals surface area contributed by atoms with Crippen LogP contribution in [0.15, 0.2) is 24.3 Å². The molecule has 1 heterocycles. The predicted octanol–water partition coefficient (Wildman–Crippen LogP) is 0.858. The Bertz CT molecular complexity index is 428. The SMILES string of the molecule is CN1CCC(NC(=O)COc2cccc(N)c2)CC1. The average molecular weight is 263 g/mol. The number of nitrogens with zero attached hydrogens (tertiary/aromatic N) is 1. The number of hydrogen-bond donors (Lipinski definition) is 2. The molecule has 2 rings (SSSR count). The van der Waals surface area contributed by atoms with Gasteiger partial charge in [-0.1, -0.05) is 6.07 Å². The number of piperidine rings is 1. The van der Waals surface area contributed by atoms with Gasteiger partial charge in [-0.25, -0.2) is 0 Å². The zero-order valence-electron chi connectivity index (χ0n) is 11.3. The van der Waals surface area contributed by atoms with Gasteiger partial charge in [-0.2, -0.15) is 0 Å². The minimum Gasteiger partial charge on any atom is -0.484 e. The number of amides is 1. The molecule has 1 amide bonds. The van der Waals surface area contributed by atoms with Crippen molar-refractivity contribution in [2.75, 3.05) is 32.5 Å². The number of nitrogens with one attached hydrogen (secondary N) is 1. The molecular formula is C14H21N3O2. The highest BCUT2D eigenvalue weighted by Crippen LogP contribution is 2.14. The first-order valence-corrected chi connectivity index (χ1v) is 6.60. The summed E-state index contributed by atoms with van der Waals surface area (Å²) in [6.07, 6.45) is 2.00. The smallest absolute Gasteiger partial charge is 0.258 e. The highest BCUT2D eigenvalue weighted by Gasteiger charge is 2.18. The fourth-order valence-electron chi connectivity index (χ4n) is 2.18. The van der Waals surface area contributed by atoms with Gasteiger partial charge in [-0.05, 0) is 45.1 Å². The van der Waals surface area contributed by atoms with E-state index in [-0.39, 0.29) is 18.6 Å². The van der Waals surface area contributed by atoms with E-state index >= 15 is 0 Å². The van der Waals surface area contributed by atoms with Crippen LogP contribution in [0, 0.1) is 0 Å². The van der Waals surface area contributed by atoms with Crippen molar-refractivity contribution in [2.24, 2.45) is 0 Å². The maximum absolute atomic E-state index is 11.8. The largest absolute Gasteiger partial charge is 0.484 e. The Balaban J connectivity index is 1.73. The summed E-state index contributed by atoms with van der Waals surface area (Å²) in [5, 5.41) is 3.00. The van der Waals surface area contributed by atoms with Crippen LogP contribution in [0.5, 0.6) is 5.75 Å². The van der Waals surface area contributed by atoms with E-state index in [2.05, 4.69) is 17.3 Å². The number of ether oxygens (including phenoxy) is 1. The van der Waals surface area contributed by atoms with Crippen LogP contribution in [0.2, 0.25) is 0 Å². The highest BCUT2D eigenvalue weighted by molar-refractivity contribution is 5.77. The molecule has 1 fully saturated rings. The number of carbonyl (C=O) groups excluding carboxylic acids is 1. The summed E-state index contributed by atoms with van der Waals surface area (Å²) < 4.78 is 5.41. The van der Waals surface area contributed by atoms with Crippen LogP contribution in [0.1, 0.15) is 12.8 Å². The molecule has 1 aliphatic heterocycles.